The number of anilines is 1. The Labute approximate surface area is 87.8 Å². The molecule has 0 radical (unpaired) electrons. The Hall–Kier alpha value is -1.65. The number of nitrogens with zero attached hydrogens (tertiary/aromatic N) is 2. The van der Waals surface area contributed by atoms with Gasteiger partial charge in [0, 0.05) is 12.7 Å². The van der Waals surface area contributed by atoms with E-state index < -0.39 is 10.0 Å². The van der Waals surface area contributed by atoms with Gasteiger partial charge >= 0.3 is 0 Å². The summed E-state index contributed by atoms with van der Waals surface area (Å²) in [6.45, 7) is 0.129. The largest absolute Gasteiger partial charge is 0.368 e. The first-order chi connectivity index (χ1) is 7.03. The Morgan fingerprint density at radius 3 is 2.93 bits per heavy atom. The fourth-order valence-corrected chi connectivity index (χ4v) is 1.33. The van der Waals surface area contributed by atoms with Crippen LogP contribution in [0.15, 0.2) is 18.3 Å². The zero-order valence-electron chi connectivity index (χ0n) is 7.84. The Morgan fingerprint density at radius 1 is 1.60 bits per heavy atom. The molecule has 0 aliphatic carbocycles. The Balaban J connectivity index is 2.63. The molecule has 0 spiro atoms. The lowest BCUT2D eigenvalue weighted by Gasteiger charge is -2.05. The first-order valence-corrected chi connectivity index (χ1v) is 5.84. The van der Waals surface area contributed by atoms with Crippen LogP contribution in [0.4, 0.5) is 5.82 Å². The summed E-state index contributed by atoms with van der Waals surface area (Å²) in [5.41, 5.74) is 0.368. The number of nitrogens with two attached hydrogens (primary N) is 1. The van der Waals surface area contributed by atoms with Gasteiger partial charge in [0.05, 0.1) is 11.3 Å². The standard InChI is InChI=1S/C8H10N4O2S/c9-6-7-2-1-3-11-8(7)12-4-5-15(10,13)14/h1-3H,4-5H2,(H,11,12)(H2,10,13,14). The quantitative estimate of drug-likeness (QED) is 0.729. The fraction of sp³-hybridized carbons (Fsp3) is 0.250. The lowest BCUT2D eigenvalue weighted by molar-refractivity contribution is 0.598. The second-order valence-corrected chi connectivity index (χ2v) is 4.54. The van der Waals surface area contributed by atoms with Gasteiger partial charge in [-0.3, -0.25) is 0 Å². The van der Waals surface area contributed by atoms with Crippen molar-refractivity contribution in [1.82, 2.24) is 4.98 Å². The molecular formula is C8H10N4O2S. The fourth-order valence-electron chi connectivity index (χ4n) is 0.948. The van der Waals surface area contributed by atoms with Gasteiger partial charge in [0.1, 0.15) is 11.9 Å². The van der Waals surface area contributed by atoms with Crippen molar-refractivity contribution in [3.63, 3.8) is 0 Å². The molecule has 0 aliphatic rings. The zero-order valence-corrected chi connectivity index (χ0v) is 8.66. The molecule has 1 rings (SSSR count). The van der Waals surface area contributed by atoms with Crippen LogP contribution in [0.25, 0.3) is 0 Å². The van der Waals surface area contributed by atoms with Gasteiger partial charge < -0.3 is 5.32 Å². The van der Waals surface area contributed by atoms with Crippen molar-refractivity contribution in [3.8, 4) is 6.07 Å². The number of hydrogen-bond acceptors (Lipinski definition) is 5. The predicted molar refractivity (Wildman–Crippen MR) is 55.4 cm³/mol. The number of nitrogens with one attached hydrogen (secondary N) is 1. The van der Waals surface area contributed by atoms with Crippen molar-refractivity contribution < 1.29 is 8.42 Å². The molecule has 7 heteroatoms. The lowest BCUT2D eigenvalue weighted by atomic mass is 10.3. The molecule has 15 heavy (non-hydrogen) atoms. The number of rotatable bonds is 4. The highest BCUT2D eigenvalue weighted by atomic mass is 32.2. The number of aromatic nitrogens is 1. The minimum atomic E-state index is -3.49. The van der Waals surface area contributed by atoms with Crippen LogP contribution in [-0.2, 0) is 10.0 Å². The SMILES string of the molecule is N#Cc1cccnc1NCCS(N)(=O)=O. The van der Waals surface area contributed by atoms with E-state index in [1.54, 1.807) is 12.1 Å². The van der Waals surface area contributed by atoms with E-state index in [4.69, 9.17) is 10.4 Å². The summed E-state index contributed by atoms with van der Waals surface area (Å²) in [6, 6.07) is 5.16. The van der Waals surface area contributed by atoms with E-state index in [1.807, 2.05) is 6.07 Å². The van der Waals surface area contributed by atoms with E-state index in [0.717, 1.165) is 0 Å². The maximum absolute atomic E-state index is 10.6. The van der Waals surface area contributed by atoms with Crippen LogP contribution in [0.3, 0.4) is 0 Å². The van der Waals surface area contributed by atoms with Crippen LogP contribution in [0.5, 0.6) is 0 Å². The van der Waals surface area contributed by atoms with Crippen molar-refractivity contribution in [1.29, 1.82) is 5.26 Å². The summed E-state index contributed by atoms with van der Waals surface area (Å²) in [6.07, 6.45) is 1.51. The smallest absolute Gasteiger partial charge is 0.210 e. The average molecular weight is 226 g/mol. The van der Waals surface area contributed by atoms with E-state index in [2.05, 4.69) is 10.3 Å². The molecule has 3 N–H and O–H groups in total. The molecule has 1 heterocycles. The van der Waals surface area contributed by atoms with Crippen LogP contribution in [0.1, 0.15) is 5.56 Å². The maximum Gasteiger partial charge on any atom is 0.210 e. The normalized spacial score (nSPS) is 10.7. The molecular weight excluding hydrogens is 216 g/mol. The summed E-state index contributed by atoms with van der Waals surface area (Å²) in [4.78, 5) is 3.90. The summed E-state index contributed by atoms with van der Waals surface area (Å²) >= 11 is 0. The third-order valence-electron chi connectivity index (χ3n) is 1.61. The van der Waals surface area contributed by atoms with Crippen LogP contribution >= 0.6 is 0 Å². The van der Waals surface area contributed by atoms with Crippen molar-refractivity contribution in [2.75, 3.05) is 17.6 Å². The first kappa shape index (κ1) is 11.4. The van der Waals surface area contributed by atoms with Gasteiger partial charge in [0.25, 0.3) is 0 Å². The lowest BCUT2D eigenvalue weighted by Crippen LogP contribution is -2.22. The van der Waals surface area contributed by atoms with E-state index >= 15 is 0 Å². The summed E-state index contributed by atoms with van der Waals surface area (Å²) in [5, 5.41) is 16.2. The molecule has 0 fully saturated rings. The zero-order chi connectivity index (χ0) is 11.3. The third kappa shape index (κ3) is 3.93. The molecule has 0 bridgehead atoms. The van der Waals surface area contributed by atoms with Gasteiger partial charge in [0.2, 0.25) is 10.0 Å². The minimum Gasteiger partial charge on any atom is -0.368 e. The number of hydrogen-bond donors (Lipinski definition) is 2. The molecule has 0 saturated heterocycles. The molecule has 0 saturated carbocycles. The van der Waals surface area contributed by atoms with Crippen LogP contribution < -0.4 is 10.5 Å². The number of nitriles is 1. The average Bonchev–Trinajstić information content (AvgIpc) is 2.16. The topological polar surface area (TPSA) is 109 Å². The van der Waals surface area contributed by atoms with Gasteiger partial charge in [-0.2, -0.15) is 5.26 Å². The molecule has 80 valence electrons. The molecule has 0 amide bonds. The van der Waals surface area contributed by atoms with Gasteiger partial charge in [-0.05, 0) is 12.1 Å². The van der Waals surface area contributed by atoms with Crippen molar-refractivity contribution >= 4 is 15.8 Å². The van der Waals surface area contributed by atoms with Gasteiger partial charge in [0.15, 0.2) is 0 Å². The second-order valence-electron chi connectivity index (χ2n) is 2.81. The minimum absolute atomic E-state index is 0.129. The molecule has 6 nitrogen and oxygen atoms in total. The van der Waals surface area contributed by atoms with Crippen LogP contribution in [0, 0.1) is 11.3 Å². The monoisotopic (exact) mass is 226 g/mol. The Morgan fingerprint density at radius 2 is 2.33 bits per heavy atom. The number of pyridine rings is 1. The Kier molecular flexibility index (Phi) is 3.60. The van der Waals surface area contributed by atoms with Crippen LogP contribution in [0.2, 0.25) is 0 Å². The van der Waals surface area contributed by atoms with Crippen molar-refractivity contribution in [3.05, 3.63) is 23.9 Å². The van der Waals surface area contributed by atoms with Gasteiger partial charge in [-0.25, -0.2) is 18.5 Å². The molecule has 0 aromatic carbocycles. The molecule has 0 atom stereocenters. The van der Waals surface area contributed by atoms with E-state index in [9.17, 15) is 8.42 Å². The molecule has 1 aromatic heterocycles. The first-order valence-electron chi connectivity index (χ1n) is 4.12. The number of sulfonamides is 1. The van der Waals surface area contributed by atoms with Crippen molar-refractivity contribution in [2.45, 2.75) is 0 Å². The van der Waals surface area contributed by atoms with Gasteiger partial charge in [-0.15, -0.1) is 0 Å². The van der Waals surface area contributed by atoms with Gasteiger partial charge in [-0.1, -0.05) is 0 Å². The third-order valence-corrected chi connectivity index (χ3v) is 2.38. The molecule has 0 unspecified atom stereocenters. The van der Waals surface area contributed by atoms with E-state index in [-0.39, 0.29) is 12.3 Å². The summed E-state index contributed by atoms with van der Waals surface area (Å²) < 4.78 is 21.3. The maximum atomic E-state index is 10.6. The Bertz CT molecular complexity index is 478. The van der Waals surface area contributed by atoms with E-state index in [0.29, 0.717) is 11.4 Å². The van der Waals surface area contributed by atoms with Crippen molar-refractivity contribution in [2.24, 2.45) is 5.14 Å². The number of primary sulfonamides is 1. The highest BCUT2D eigenvalue weighted by molar-refractivity contribution is 7.89. The summed E-state index contributed by atoms with van der Waals surface area (Å²) in [7, 11) is -3.49. The summed E-state index contributed by atoms with van der Waals surface area (Å²) in [5.74, 6) is 0.165. The second kappa shape index (κ2) is 4.72. The highest BCUT2D eigenvalue weighted by Crippen LogP contribution is 2.08. The predicted octanol–water partition coefficient (Wildman–Crippen LogP) is -0.346. The molecule has 0 aliphatic heterocycles. The van der Waals surface area contributed by atoms with E-state index in [1.165, 1.54) is 6.20 Å². The highest BCUT2D eigenvalue weighted by Gasteiger charge is 2.04. The van der Waals surface area contributed by atoms with Crippen LogP contribution in [-0.4, -0.2) is 25.7 Å². The molecule has 1 aromatic rings.